The molecule has 2 heterocycles. The van der Waals surface area contributed by atoms with Gasteiger partial charge in [-0.1, -0.05) is 47.6 Å². The molecule has 11 heteroatoms. The van der Waals surface area contributed by atoms with Crippen molar-refractivity contribution in [1.29, 1.82) is 0 Å². The first kappa shape index (κ1) is 33.1. The number of nitrogens with one attached hydrogen (secondary N) is 1. The Morgan fingerprint density at radius 3 is 1.97 bits per heavy atom. The molecule has 1 saturated heterocycles. The van der Waals surface area contributed by atoms with E-state index in [1.54, 1.807) is 0 Å². The highest BCUT2D eigenvalue weighted by molar-refractivity contribution is 6.74. The summed E-state index contributed by atoms with van der Waals surface area (Å²) in [5.41, 5.74) is -1.93. The van der Waals surface area contributed by atoms with Gasteiger partial charge in [0.05, 0.1) is 6.61 Å². The van der Waals surface area contributed by atoms with Gasteiger partial charge in [-0.25, -0.2) is 4.79 Å². The fraction of sp³-hybridized carbons (Fsp3) is 0.778. The van der Waals surface area contributed by atoms with Gasteiger partial charge in [-0.15, -0.1) is 6.58 Å². The standard InChI is InChI=1S/C27H52N2O6Si3/c1-15-17-27(19-32-36(8,9)10)22(35-38(13,14)26(5,6)7)21(34-37(11,12)25(2,3)4)23(33-27)29-18-16-20(30)28-24(29)31/h15-16,18,21-23H,1,17,19H2,2-14H3,(H,28,30,31)/t21-,22+,23-,27-/m1/s1. The van der Waals surface area contributed by atoms with E-state index in [1.165, 1.54) is 16.8 Å². The highest BCUT2D eigenvalue weighted by atomic mass is 28.4. The number of nitrogens with zero attached hydrogens (tertiary/aromatic N) is 1. The van der Waals surface area contributed by atoms with Crippen LogP contribution in [-0.4, -0.2) is 58.9 Å². The number of aromatic nitrogens is 2. The third-order valence-corrected chi connectivity index (χ3v) is 18.2. The van der Waals surface area contributed by atoms with Crippen LogP contribution in [0.4, 0.5) is 0 Å². The highest BCUT2D eigenvalue weighted by Gasteiger charge is 2.61. The van der Waals surface area contributed by atoms with Crippen LogP contribution in [-0.2, 0) is 18.0 Å². The molecule has 0 unspecified atom stereocenters. The minimum Gasteiger partial charge on any atom is -0.415 e. The number of rotatable bonds is 10. The first-order chi connectivity index (χ1) is 17.0. The number of hydrogen-bond acceptors (Lipinski definition) is 6. The summed E-state index contributed by atoms with van der Waals surface area (Å²) < 4.78 is 29.1. The van der Waals surface area contributed by atoms with Crippen molar-refractivity contribution in [2.75, 3.05) is 6.61 Å². The SMILES string of the molecule is C=CC[C@]1(CO[Si](C)(C)C)O[C@@H](n2ccc(=O)[nH]c2=O)[C@H](O[Si](C)(C)C(C)(C)C)[C@@H]1O[Si](C)(C)C(C)(C)C. The zero-order valence-corrected chi connectivity index (χ0v) is 29.0. The van der Waals surface area contributed by atoms with Gasteiger partial charge in [0, 0.05) is 12.3 Å². The van der Waals surface area contributed by atoms with Crippen LogP contribution in [0.2, 0.25) is 55.9 Å². The van der Waals surface area contributed by atoms with Gasteiger partial charge >= 0.3 is 5.69 Å². The van der Waals surface area contributed by atoms with E-state index in [9.17, 15) is 9.59 Å². The van der Waals surface area contributed by atoms with Crippen molar-refractivity contribution in [2.24, 2.45) is 0 Å². The molecule has 0 aliphatic carbocycles. The molecule has 0 amide bonds. The van der Waals surface area contributed by atoms with Gasteiger partial charge < -0.3 is 18.0 Å². The maximum absolute atomic E-state index is 13.1. The molecule has 38 heavy (non-hydrogen) atoms. The molecule has 0 spiro atoms. The molecule has 0 saturated carbocycles. The zero-order chi connectivity index (χ0) is 29.5. The summed E-state index contributed by atoms with van der Waals surface area (Å²) in [6.45, 7) is 32.7. The van der Waals surface area contributed by atoms with E-state index in [0.717, 1.165) is 0 Å². The van der Waals surface area contributed by atoms with E-state index >= 15 is 0 Å². The van der Waals surface area contributed by atoms with Crippen LogP contribution in [0, 0.1) is 0 Å². The van der Waals surface area contributed by atoms with E-state index in [4.69, 9.17) is 18.0 Å². The first-order valence-corrected chi connectivity index (χ1v) is 22.8. The summed E-state index contributed by atoms with van der Waals surface area (Å²) in [4.78, 5) is 27.4. The Bertz CT molecular complexity index is 1090. The molecule has 1 N–H and O–H groups in total. The van der Waals surface area contributed by atoms with Crippen molar-refractivity contribution < 1.29 is 18.0 Å². The Labute approximate surface area is 232 Å². The minimum absolute atomic E-state index is 0.0685. The number of H-pyrrole nitrogens is 1. The fourth-order valence-corrected chi connectivity index (χ4v) is 7.18. The minimum atomic E-state index is -2.37. The molecule has 218 valence electrons. The Balaban J connectivity index is 2.83. The molecule has 4 atom stereocenters. The number of ether oxygens (including phenoxy) is 1. The molecule has 1 aliphatic heterocycles. The van der Waals surface area contributed by atoms with Crippen LogP contribution in [0.3, 0.4) is 0 Å². The Kier molecular flexibility index (Phi) is 9.64. The molecule has 1 fully saturated rings. The van der Waals surface area contributed by atoms with Crippen molar-refractivity contribution in [1.82, 2.24) is 9.55 Å². The summed E-state index contributed by atoms with van der Waals surface area (Å²) in [5, 5.41) is -0.158. The molecule has 0 radical (unpaired) electrons. The lowest BCUT2D eigenvalue weighted by Gasteiger charge is -2.46. The molecular weight excluding hydrogens is 533 g/mol. The fourth-order valence-electron chi connectivity index (χ4n) is 3.89. The summed E-state index contributed by atoms with van der Waals surface area (Å²) in [6.07, 6.45) is 1.85. The molecule has 0 bridgehead atoms. The first-order valence-electron chi connectivity index (χ1n) is 13.6. The maximum Gasteiger partial charge on any atom is 0.330 e. The summed E-state index contributed by atoms with van der Waals surface area (Å²) in [6, 6.07) is 1.34. The van der Waals surface area contributed by atoms with Gasteiger partial charge in [-0.3, -0.25) is 14.3 Å². The smallest absolute Gasteiger partial charge is 0.330 e. The van der Waals surface area contributed by atoms with Crippen molar-refractivity contribution in [3.63, 3.8) is 0 Å². The summed E-state index contributed by atoms with van der Waals surface area (Å²) >= 11 is 0. The third kappa shape index (κ3) is 7.35. The van der Waals surface area contributed by atoms with Crippen molar-refractivity contribution in [3.05, 3.63) is 45.8 Å². The molecule has 1 aromatic rings. The van der Waals surface area contributed by atoms with Crippen molar-refractivity contribution in [3.8, 4) is 0 Å². The summed E-state index contributed by atoms with van der Waals surface area (Å²) in [7, 11) is -6.67. The quantitative estimate of drug-likeness (QED) is 0.267. The van der Waals surface area contributed by atoms with Crippen LogP contribution in [0.1, 0.15) is 54.2 Å². The second-order valence-electron chi connectivity index (χ2n) is 14.6. The largest absolute Gasteiger partial charge is 0.415 e. The van der Waals surface area contributed by atoms with Crippen LogP contribution in [0.25, 0.3) is 0 Å². The topological polar surface area (TPSA) is 91.8 Å². The molecule has 1 aliphatic rings. The van der Waals surface area contributed by atoms with Gasteiger partial charge in [0.1, 0.15) is 17.8 Å². The number of hydrogen-bond donors (Lipinski definition) is 1. The Morgan fingerprint density at radius 2 is 1.53 bits per heavy atom. The van der Waals surface area contributed by atoms with Crippen LogP contribution >= 0.6 is 0 Å². The van der Waals surface area contributed by atoms with E-state index in [1.807, 2.05) is 6.08 Å². The van der Waals surface area contributed by atoms with Gasteiger partial charge in [0.25, 0.3) is 5.56 Å². The average Bonchev–Trinajstić information content (AvgIpc) is 2.97. The monoisotopic (exact) mass is 584 g/mol. The molecule has 8 nitrogen and oxygen atoms in total. The third-order valence-electron chi connectivity index (χ3n) is 8.28. The van der Waals surface area contributed by atoms with Gasteiger partial charge in [0.15, 0.2) is 31.2 Å². The second kappa shape index (κ2) is 11.1. The van der Waals surface area contributed by atoms with Crippen LogP contribution in [0.5, 0.6) is 0 Å². The number of aromatic amines is 1. The molecular formula is C27H52N2O6Si3. The normalized spacial score (nSPS) is 25.6. The molecule has 0 aromatic carbocycles. The second-order valence-corrected chi connectivity index (χ2v) is 28.7. The van der Waals surface area contributed by atoms with E-state index in [2.05, 4.69) is 98.9 Å². The van der Waals surface area contributed by atoms with E-state index in [0.29, 0.717) is 13.0 Å². The lowest BCUT2D eigenvalue weighted by atomic mass is 9.92. The Hall–Kier alpha value is -1.09. The zero-order valence-electron chi connectivity index (χ0n) is 26.0. The predicted octanol–water partition coefficient (Wildman–Crippen LogP) is 6.01. The van der Waals surface area contributed by atoms with Crippen molar-refractivity contribution in [2.45, 2.75) is 128 Å². The lowest BCUT2D eigenvalue weighted by molar-refractivity contribution is -0.121. The molecule has 2 rings (SSSR count). The molecule has 1 aromatic heterocycles. The van der Waals surface area contributed by atoms with E-state index < -0.39 is 60.2 Å². The lowest BCUT2D eigenvalue weighted by Crippen LogP contribution is -2.58. The predicted molar refractivity (Wildman–Crippen MR) is 162 cm³/mol. The van der Waals surface area contributed by atoms with Gasteiger partial charge in [-0.2, -0.15) is 0 Å². The average molecular weight is 585 g/mol. The van der Waals surface area contributed by atoms with Crippen LogP contribution < -0.4 is 11.2 Å². The summed E-state index contributed by atoms with van der Waals surface area (Å²) in [5.74, 6) is 0. The highest BCUT2D eigenvalue weighted by Crippen LogP contribution is 2.50. The van der Waals surface area contributed by atoms with Gasteiger partial charge in [0.2, 0.25) is 0 Å². The van der Waals surface area contributed by atoms with Crippen LogP contribution in [0.15, 0.2) is 34.5 Å². The van der Waals surface area contributed by atoms with Crippen molar-refractivity contribution >= 4 is 25.0 Å². The Morgan fingerprint density at radius 1 is 1.00 bits per heavy atom. The van der Waals surface area contributed by atoms with E-state index in [-0.39, 0.29) is 10.1 Å². The van der Waals surface area contributed by atoms with Gasteiger partial charge in [-0.05, 0) is 62.3 Å². The maximum atomic E-state index is 13.1.